The topological polar surface area (TPSA) is 54.9 Å². The van der Waals surface area contributed by atoms with Gasteiger partial charge >= 0.3 is 6.61 Å². The SMILES string of the molecule is CCNC(=NCc1ccccc1OC(F)F)NCCCOCC(C)C.I. The van der Waals surface area contributed by atoms with E-state index in [0.717, 1.165) is 19.6 Å². The van der Waals surface area contributed by atoms with Crippen molar-refractivity contribution in [2.45, 2.75) is 40.3 Å². The number of nitrogens with one attached hydrogen (secondary N) is 2. The average molecular weight is 485 g/mol. The highest BCUT2D eigenvalue weighted by atomic mass is 127. The first-order valence-corrected chi connectivity index (χ1v) is 8.65. The van der Waals surface area contributed by atoms with Gasteiger partial charge < -0.3 is 20.1 Å². The summed E-state index contributed by atoms with van der Waals surface area (Å²) in [6.07, 6.45) is 0.863. The maximum atomic E-state index is 12.4. The van der Waals surface area contributed by atoms with Gasteiger partial charge in [0.2, 0.25) is 0 Å². The number of nitrogens with zero attached hydrogens (tertiary/aromatic N) is 1. The lowest BCUT2D eigenvalue weighted by Crippen LogP contribution is -2.38. The molecule has 5 nitrogen and oxygen atoms in total. The molecular weight excluding hydrogens is 455 g/mol. The maximum Gasteiger partial charge on any atom is 0.387 e. The molecule has 1 rings (SSSR count). The monoisotopic (exact) mass is 485 g/mol. The zero-order chi connectivity index (χ0) is 18.5. The van der Waals surface area contributed by atoms with Gasteiger partial charge in [-0.25, -0.2) is 4.99 Å². The van der Waals surface area contributed by atoms with Gasteiger partial charge in [0.1, 0.15) is 5.75 Å². The van der Waals surface area contributed by atoms with Crippen molar-refractivity contribution in [2.75, 3.05) is 26.3 Å². The van der Waals surface area contributed by atoms with E-state index in [4.69, 9.17) is 4.74 Å². The summed E-state index contributed by atoms with van der Waals surface area (Å²) >= 11 is 0. The molecule has 0 amide bonds. The van der Waals surface area contributed by atoms with Crippen LogP contribution < -0.4 is 15.4 Å². The largest absolute Gasteiger partial charge is 0.434 e. The molecule has 0 aromatic heterocycles. The smallest absolute Gasteiger partial charge is 0.387 e. The molecular formula is C18H30F2IN3O2. The van der Waals surface area contributed by atoms with Crippen LogP contribution in [0.25, 0.3) is 0 Å². The number of alkyl halides is 2. The highest BCUT2D eigenvalue weighted by molar-refractivity contribution is 14.0. The van der Waals surface area contributed by atoms with E-state index in [1.807, 2.05) is 6.92 Å². The van der Waals surface area contributed by atoms with E-state index in [9.17, 15) is 8.78 Å². The van der Waals surface area contributed by atoms with Crippen LogP contribution in [0.3, 0.4) is 0 Å². The molecule has 0 atom stereocenters. The van der Waals surface area contributed by atoms with Crippen LogP contribution in [0.4, 0.5) is 8.78 Å². The zero-order valence-electron chi connectivity index (χ0n) is 15.6. The quantitative estimate of drug-likeness (QED) is 0.215. The lowest BCUT2D eigenvalue weighted by atomic mass is 10.2. The van der Waals surface area contributed by atoms with Crippen LogP contribution in [-0.4, -0.2) is 38.9 Å². The fraction of sp³-hybridized carbons (Fsp3) is 0.611. The van der Waals surface area contributed by atoms with E-state index in [-0.39, 0.29) is 36.3 Å². The van der Waals surface area contributed by atoms with Crippen molar-refractivity contribution >= 4 is 29.9 Å². The van der Waals surface area contributed by atoms with Crippen molar-refractivity contribution < 1.29 is 18.3 Å². The zero-order valence-corrected chi connectivity index (χ0v) is 18.0. The molecule has 150 valence electrons. The number of hydrogen-bond donors (Lipinski definition) is 2. The van der Waals surface area contributed by atoms with Gasteiger partial charge in [-0.2, -0.15) is 8.78 Å². The van der Waals surface area contributed by atoms with Crippen LogP contribution >= 0.6 is 24.0 Å². The molecule has 0 fully saturated rings. The van der Waals surface area contributed by atoms with Crippen LogP contribution in [0.1, 0.15) is 32.8 Å². The summed E-state index contributed by atoms with van der Waals surface area (Å²) in [5.74, 6) is 1.32. The van der Waals surface area contributed by atoms with Crippen molar-refractivity contribution in [2.24, 2.45) is 10.9 Å². The summed E-state index contributed by atoms with van der Waals surface area (Å²) in [5, 5.41) is 6.34. The molecule has 2 N–H and O–H groups in total. The van der Waals surface area contributed by atoms with Gasteiger partial charge in [-0.1, -0.05) is 32.0 Å². The first kappa shape index (κ1) is 24.8. The Bertz CT molecular complexity index is 517. The van der Waals surface area contributed by atoms with Crippen molar-refractivity contribution in [3.63, 3.8) is 0 Å². The molecule has 26 heavy (non-hydrogen) atoms. The molecule has 0 aliphatic carbocycles. The molecule has 0 aliphatic heterocycles. The number of guanidine groups is 1. The van der Waals surface area contributed by atoms with Gasteiger partial charge in [0, 0.05) is 31.9 Å². The summed E-state index contributed by atoms with van der Waals surface area (Å²) in [6.45, 7) is 6.49. The summed E-state index contributed by atoms with van der Waals surface area (Å²) in [7, 11) is 0. The van der Waals surface area contributed by atoms with Gasteiger partial charge in [-0.3, -0.25) is 0 Å². The number of ether oxygens (including phenoxy) is 2. The van der Waals surface area contributed by atoms with Gasteiger partial charge in [0.25, 0.3) is 0 Å². The average Bonchev–Trinajstić information content (AvgIpc) is 2.56. The van der Waals surface area contributed by atoms with Gasteiger partial charge in [-0.15, -0.1) is 24.0 Å². The lowest BCUT2D eigenvalue weighted by Gasteiger charge is -2.13. The third-order valence-electron chi connectivity index (χ3n) is 3.15. The first-order chi connectivity index (χ1) is 12.0. The summed E-state index contributed by atoms with van der Waals surface area (Å²) in [5.41, 5.74) is 0.611. The van der Waals surface area contributed by atoms with Gasteiger partial charge in [0.05, 0.1) is 6.54 Å². The molecule has 8 heteroatoms. The van der Waals surface area contributed by atoms with E-state index < -0.39 is 6.61 Å². The third-order valence-corrected chi connectivity index (χ3v) is 3.15. The van der Waals surface area contributed by atoms with Gasteiger partial charge in [0.15, 0.2) is 5.96 Å². The Morgan fingerprint density at radius 1 is 1.19 bits per heavy atom. The maximum absolute atomic E-state index is 12.4. The van der Waals surface area contributed by atoms with E-state index in [1.165, 1.54) is 6.07 Å². The Hall–Kier alpha value is -1.16. The minimum Gasteiger partial charge on any atom is -0.434 e. The van der Waals surface area contributed by atoms with E-state index in [0.29, 0.717) is 30.6 Å². The fourth-order valence-corrected chi connectivity index (χ4v) is 2.05. The number of aliphatic imine (C=N–C) groups is 1. The van der Waals surface area contributed by atoms with Crippen LogP contribution in [0.5, 0.6) is 5.75 Å². The molecule has 0 bridgehead atoms. The molecule has 0 aliphatic rings. The van der Waals surface area contributed by atoms with Crippen molar-refractivity contribution in [3.8, 4) is 5.75 Å². The lowest BCUT2D eigenvalue weighted by molar-refractivity contribution is -0.0504. The molecule has 0 unspecified atom stereocenters. The second-order valence-electron chi connectivity index (χ2n) is 5.93. The molecule has 0 heterocycles. The molecule has 0 spiro atoms. The highest BCUT2D eigenvalue weighted by Crippen LogP contribution is 2.20. The highest BCUT2D eigenvalue weighted by Gasteiger charge is 2.08. The number of benzene rings is 1. The van der Waals surface area contributed by atoms with Crippen LogP contribution in [0.15, 0.2) is 29.3 Å². The summed E-state index contributed by atoms with van der Waals surface area (Å²) < 4.78 is 34.9. The normalized spacial score (nSPS) is 11.4. The molecule has 0 radical (unpaired) electrons. The van der Waals surface area contributed by atoms with E-state index in [1.54, 1.807) is 18.2 Å². The van der Waals surface area contributed by atoms with Crippen LogP contribution in [-0.2, 0) is 11.3 Å². The predicted molar refractivity (Wildman–Crippen MR) is 112 cm³/mol. The van der Waals surface area contributed by atoms with Crippen molar-refractivity contribution in [1.29, 1.82) is 0 Å². The molecule has 0 saturated carbocycles. The van der Waals surface area contributed by atoms with Crippen molar-refractivity contribution in [3.05, 3.63) is 29.8 Å². The second kappa shape index (κ2) is 15.0. The van der Waals surface area contributed by atoms with Gasteiger partial charge in [-0.05, 0) is 25.3 Å². The second-order valence-corrected chi connectivity index (χ2v) is 5.93. The molecule has 0 saturated heterocycles. The number of hydrogen-bond acceptors (Lipinski definition) is 3. The Labute approximate surface area is 172 Å². The van der Waals surface area contributed by atoms with E-state index >= 15 is 0 Å². The Morgan fingerprint density at radius 3 is 2.58 bits per heavy atom. The summed E-state index contributed by atoms with van der Waals surface area (Å²) in [6, 6.07) is 6.68. The summed E-state index contributed by atoms with van der Waals surface area (Å²) in [4.78, 5) is 4.43. The minimum atomic E-state index is -2.85. The Morgan fingerprint density at radius 2 is 1.92 bits per heavy atom. The third kappa shape index (κ3) is 11.5. The first-order valence-electron chi connectivity index (χ1n) is 8.65. The van der Waals surface area contributed by atoms with E-state index in [2.05, 4.69) is 34.2 Å². The predicted octanol–water partition coefficient (Wildman–Crippen LogP) is 4.02. The number of halogens is 3. The molecule has 1 aromatic rings. The van der Waals surface area contributed by atoms with Crippen molar-refractivity contribution in [1.82, 2.24) is 10.6 Å². The minimum absolute atomic E-state index is 0. The molecule has 1 aromatic carbocycles. The Kier molecular flexibility index (Phi) is 14.3. The standard InChI is InChI=1S/C18H29F2N3O2.HI/c1-4-21-18(22-10-7-11-24-13-14(2)3)23-12-15-8-5-6-9-16(15)25-17(19)20;/h5-6,8-9,14,17H,4,7,10-13H2,1-3H3,(H2,21,22,23);1H. The van der Waals surface area contributed by atoms with Crippen LogP contribution in [0, 0.1) is 5.92 Å². The fourth-order valence-electron chi connectivity index (χ4n) is 2.05. The Balaban J connectivity index is 0.00000625. The van der Waals surface area contributed by atoms with Crippen LogP contribution in [0.2, 0.25) is 0 Å². The number of rotatable bonds is 11. The number of para-hydroxylation sites is 1.